The SMILES string of the molecule is COCCN(CC(N)c1ccc(C(C)(C)C)cc1)C(C)C. The van der Waals surface area contributed by atoms with Crippen LogP contribution in [0.3, 0.4) is 0 Å². The Morgan fingerprint density at radius 1 is 1.14 bits per heavy atom. The lowest BCUT2D eigenvalue weighted by atomic mass is 9.86. The molecule has 0 aliphatic rings. The fourth-order valence-electron chi connectivity index (χ4n) is 2.36. The Morgan fingerprint density at radius 3 is 2.14 bits per heavy atom. The maximum Gasteiger partial charge on any atom is 0.0589 e. The average molecular weight is 292 g/mol. The molecule has 0 saturated heterocycles. The van der Waals surface area contributed by atoms with E-state index in [-0.39, 0.29) is 11.5 Å². The van der Waals surface area contributed by atoms with Crippen molar-refractivity contribution in [1.82, 2.24) is 4.90 Å². The Bertz CT molecular complexity index is 406. The third-order valence-corrected chi connectivity index (χ3v) is 3.95. The van der Waals surface area contributed by atoms with Crippen LogP contribution < -0.4 is 5.73 Å². The monoisotopic (exact) mass is 292 g/mol. The van der Waals surface area contributed by atoms with Gasteiger partial charge in [-0.2, -0.15) is 0 Å². The van der Waals surface area contributed by atoms with E-state index in [4.69, 9.17) is 10.5 Å². The van der Waals surface area contributed by atoms with Crippen molar-refractivity contribution in [2.75, 3.05) is 26.8 Å². The van der Waals surface area contributed by atoms with Crippen molar-refractivity contribution in [2.24, 2.45) is 5.73 Å². The summed E-state index contributed by atoms with van der Waals surface area (Å²) in [6, 6.07) is 9.24. The van der Waals surface area contributed by atoms with E-state index >= 15 is 0 Å². The molecule has 2 N–H and O–H groups in total. The second-order valence-electron chi connectivity index (χ2n) is 7.06. The zero-order valence-electron chi connectivity index (χ0n) is 14.5. The van der Waals surface area contributed by atoms with Gasteiger partial charge in [-0.15, -0.1) is 0 Å². The highest BCUT2D eigenvalue weighted by Gasteiger charge is 2.17. The first-order valence-electron chi connectivity index (χ1n) is 7.84. The summed E-state index contributed by atoms with van der Waals surface area (Å²) in [4.78, 5) is 2.37. The maximum absolute atomic E-state index is 6.38. The van der Waals surface area contributed by atoms with Crippen molar-refractivity contribution in [1.29, 1.82) is 0 Å². The lowest BCUT2D eigenvalue weighted by Crippen LogP contribution is -2.39. The van der Waals surface area contributed by atoms with Crippen LogP contribution in [0.4, 0.5) is 0 Å². The Morgan fingerprint density at radius 2 is 1.71 bits per heavy atom. The van der Waals surface area contributed by atoms with E-state index in [9.17, 15) is 0 Å². The number of hydrogen-bond acceptors (Lipinski definition) is 3. The van der Waals surface area contributed by atoms with Crippen molar-refractivity contribution in [3.63, 3.8) is 0 Å². The van der Waals surface area contributed by atoms with Crippen LogP contribution in [-0.4, -0.2) is 37.7 Å². The van der Waals surface area contributed by atoms with Gasteiger partial charge in [-0.25, -0.2) is 0 Å². The predicted molar refractivity (Wildman–Crippen MR) is 90.7 cm³/mol. The molecule has 0 amide bonds. The molecule has 1 aromatic rings. The van der Waals surface area contributed by atoms with Crippen molar-refractivity contribution < 1.29 is 4.74 Å². The van der Waals surface area contributed by atoms with Gasteiger partial charge in [0.25, 0.3) is 0 Å². The minimum atomic E-state index is 0.0401. The molecule has 0 bridgehead atoms. The van der Waals surface area contributed by atoms with E-state index in [1.54, 1.807) is 7.11 Å². The lowest BCUT2D eigenvalue weighted by molar-refractivity contribution is 0.125. The molecule has 3 heteroatoms. The van der Waals surface area contributed by atoms with Crippen molar-refractivity contribution in [3.8, 4) is 0 Å². The van der Waals surface area contributed by atoms with Gasteiger partial charge in [0.1, 0.15) is 0 Å². The third-order valence-electron chi connectivity index (χ3n) is 3.95. The molecule has 0 aliphatic heterocycles. The Kier molecular flexibility index (Phi) is 6.85. The molecule has 1 aromatic carbocycles. The summed E-state index contributed by atoms with van der Waals surface area (Å²) in [6.45, 7) is 13.6. The minimum Gasteiger partial charge on any atom is -0.383 e. The van der Waals surface area contributed by atoms with Crippen LogP contribution in [0.15, 0.2) is 24.3 Å². The van der Waals surface area contributed by atoms with Gasteiger partial charge in [-0.05, 0) is 30.4 Å². The standard InChI is InChI=1S/C18H32N2O/c1-14(2)20(11-12-21-6)13-17(19)15-7-9-16(10-8-15)18(3,4)5/h7-10,14,17H,11-13,19H2,1-6H3. The zero-order valence-corrected chi connectivity index (χ0v) is 14.5. The average Bonchev–Trinajstić information content (AvgIpc) is 2.42. The largest absolute Gasteiger partial charge is 0.383 e. The first-order chi connectivity index (χ1) is 9.75. The fraction of sp³-hybridized carbons (Fsp3) is 0.667. The van der Waals surface area contributed by atoms with E-state index < -0.39 is 0 Å². The molecular formula is C18H32N2O. The van der Waals surface area contributed by atoms with E-state index in [0.717, 1.165) is 19.7 Å². The molecule has 0 saturated carbocycles. The second kappa shape index (κ2) is 7.92. The summed E-state index contributed by atoms with van der Waals surface area (Å²) in [7, 11) is 1.74. The molecule has 1 unspecified atom stereocenters. The van der Waals surface area contributed by atoms with Gasteiger partial charge in [0.05, 0.1) is 6.61 Å². The summed E-state index contributed by atoms with van der Waals surface area (Å²) in [5.74, 6) is 0. The highest BCUT2D eigenvalue weighted by molar-refractivity contribution is 5.29. The van der Waals surface area contributed by atoms with Gasteiger partial charge < -0.3 is 10.5 Å². The fourth-order valence-corrected chi connectivity index (χ4v) is 2.36. The van der Waals surface area contributed by atoms with Crippen LogP contribution in [0.2, 0.25) is 0 Å². The van der Waals surface area contributed by atoms with Gasteiger partial charge in [0.15, 0.2) is 0 Å². The molecule has 0 aliphatic carbocycles. The minimum absolute atomic E-state index is 0.0401. The predicted octanol–water partition coefficient (Wildman–Crippen LogP) is 3.34. The molecule has 0 heterocycles. The number of hydrogen-bond donors (Lipinski definition) is 1. The molecule has 3 nitrogen and oxygen atoms in total. The lowest BCUT2D eigenvalue weighted by Gasteiger charge is -2.29. The second-order valence-corrected chi connectivity index (χ2v) is 7.06. The molecular weight excluding hydrogens is 260 g/mol. The first-order valence-corrected chi connectivity index (χ1v) is 7.84. The Balaban J connectivity index is 2.71. The van der Waals surface area contributed by atoms with Crippen LogP contribution in [0.1, 0.15) is 51.8 Å². The summed E-state index contributed by atoms with van der Waals surface area (Å²) >= 11 is 0. The van der Waals surface area contributed by atoms with Crippen LogP contribution in [0.5, 0.6) is 0 Å². The highest BCUT2D eigenvalue weighted by atomic mass is 16.5. The molecule has 21 heavy (non-hydrogen) atoms. The molecule has 0 aromatic heterocycles. The van der Waals surface area contributed by atoms with Crippen molar-refractivity contribution in [2.45, 2.75) is 52.1 Å². The normalized spacial score (nSPS) is 14.0. The summed E-state index contributed by atoms with van der Waals surface area (Å²) in [5.41, 5.74) is 9.11. The number of methoxy groups -OCH3 is 1. The first kappa shape index (κ1) is 18.1. The van der Waals surface area contributed by atoms with Gasteiger partial charge in [-0.3, -0.25) is 4.90 Å². The number of rotatable bonds is 7. The quantitative estimate of drug-likeness (QED) is 0.837. The van der Waals surface area contributed by atoms with Crippen LogP contribution >= 0.6 is 0 Å². The summed E-state index contributed by atoms with van der Waals surface area (Å²) < 4.78 is 5.18. The van der Waals surface area contributed by atoms with Crippen LogP contribution in [-0.2, 0) is 10.2 Å². The van der Waals surface area contributed by atoms with E-state index in [2.05, 4.69) is 63.8 Å². The van der Waals surface area contributed by atoms with E-state index in [1.165, 1.54) is 11.1 Å². The van der Waals surface area contributed by atoms with Gasteiger partial charge in [-0.1, -0.05) is 45.0 Å². The molecule has 0 radical (unpaired) electrons. The number of ether oxygens (including phenoxy) is 1. The smallest absolute Gasteiger partial charge is 0.0589 e. The number of nitrogens with zero attached hydrogens (tertiary/aromatic N) is 1. The molecule has 0 fully saturated rings. The number of nitrogens with two attached hydrogens (primary N) is 1. The van der Waals surface area contributed by atoms with Gasteiger partial charge in [0.2, 0.25) is 0 Å². The van der Waals surface area contributed by atoms with Gasteiger partial charge in [0, 0.05) is 32.3 Å². The van der Waals surface area contributed by atoms with E-state index in [1.807, 2.05) is 0 Å². The third kappa shape index (κ3) is 5.77. The topological polar surface area (TPSA) is 38.5 Å². The Hall–Kier alpha value is -0.900. The zero-order chi connectivity index (χ0) is 16.0. The van der Waals surface area contributed by atoms with Crippen LogP contribution in [0, 0.1) is 0 Å². The molecule has 120 valence electrons. The molecule has 1 atom stereocenters. The Labute approximate surface area is 130 Å². The molecule has 0 spiro atoms. The maximum atomic E-state index is 6.38. The summed E-state index contributed by atoms with van der Waals surface area (Å²) in [6.07, 6.45) is 0. The molecule has 1 rings (SSSR count). The summed E-state index contributed by atoms with van der Waals surface area (Å²) in [5, 5.41) is 0. The van der Waals surface area contributed by atoms with Crippen LogP contribution in [0.25, 0.3) is 0 Å². The van der Waals surface area contributed by atoms with Gasteiger partial charge >= 0.3 is 0 Å². The van der Waals surface area contributed by atoms with Crippen molar-refractivity contribution >= 4 is 0 Å². The van der Waals surface area contributed by atoms with E-state index in [0.29, 0.717) is 6.04 Å². The van der Waals surface area contributed by atoms with Crippen molar-refractivity contribution in [3.05, 3.63) is 35.4 Å². The highest BCUT2D eigenvalue weighted by Crippen LogP contribution is 2.23. The number of benzene rings is 1.